The van der Waals surface area contributed by atoms with Gasteiger partial charge in [-0.3, -0.25) is 10.2 Å². The van der Waals surface area contributed by atoms with Crippen molar-refractivity contribution in [3.63, 3.8) is 0 Å². The minimum absolute atomic E-state index is 0.168. The van der Waals surface area contributed by atoms with Gasteiger partial charge in [0.1, 0.15) is 10.7 Å². The van der Waals surface area contributed by atoms with Crippen LogP contribution in [0.3, 0.4) is 0 Å². The zero-order chi connectivity index (χ0) is 20.9. The Morgan fingerprint density at radius 3 is 2.57 bits per heavy atom. The van der Waals surface area contributed by atoms with Crippen LogP contribution in [0.15, 0.2) is 71.1 Å². The first-order valence-electron chi connectivity index (χ1n) is 9.06. The second-order valence-electron chi connectivity index (χ2n) is 6.42. The number of thiophene rings is 1. The fourth-order valence-electron chi connectivity index (χ4n) is 2.64. The number of rotatable bonds is 6. The van der Waals surface area contributed by atoms with Gasteiger partial charge in [0.2, 0.25) is 5.13 Å². The highest BCUT2D eigenvalue weighted by Crippen LogP contribution is 2.36. The van der Waals surface area contributed by atoms with Crippen molar-refractivity contribution in [3.8, 4) is 11.3 Å². The molecule has 0 spiro atoms. The molecule has 0 fully saturated rings. The maximum atomic E-state index is 12.6. The average molecular weight is 453 g/mol. The van der Waals surface area contributed by atoms with Crippen molar-refractivity contribution in [1.82, 2.24) is 4.98 Å². The number of aryl methyl sites for hydroxylation is 1. The van der Waals surface area contributed by atoms with Crippen molar-refractivity contribution in [2.45, 2.75) is 6.92 Å². The van der Waals surface area contributed by atoms with Gasteiger partial charge in [0.15, 0.2) is 0 Å². The normalized spacial score (nSPS) is 11.0. The number of halogens is 1. The molecule has 2 aromatic carbocycles. The van der Waals surface area contributed by atoms with Crippen LogP contribution in [0.5, 0.6) is 0 Å². The van der Waals surface area contributed by atoms with E-state index in [1.165, 1.54) is 28.2 Å². The first-order chi connectivity index (χ1) is 14.6. The van der Waals surface area contributed by atoms with Crippen molar-refractivity contribution < 1.29 is 4.79 Å². The van der Waals surface area contributed by atoms with E-state index in [-0.39, 0.29) is 5.91 Å². The number of nitrogens with one attached hydrogen (secondary N) is 2. The molecule has 4 aromatic rings. The predicted octanol–water partition coefficient (Wildman–Crippen LogP) is 6.53. The lowest BCUT2D eigenvalue weighted by Crippen LogP contribution is -2.09. The van der Waals surface area contributed by atoms with Gasteiger partial charge < -0.3 is 5.32 Å². The van der Waals surface area contributed by atoms with Crippen LogP contribution in [0, 0.1) is 6.92 Å². The van der Waals surface area contributed by atoms with Gasteiger partial charge in [0, 0.05) is 10.6 Å². The van der Waals surface area contributed by atoms with E-state index in [2.05, 4.69) is 20.8 Å². The maximum Gasteiger partial charge on any atom is 0.266 e. The van der Waals surface area contributed by atoms with E-state index >= 15 is 0 Å². The Kier molecular flexibility index (Phi) is 6.23. The third-order valence-electron chi connectivity index (χ3n) is 4.17. The zero-order valence-corrected chi connectivity index (χ0v) is 18.3. The zero-order valence-electron chi connectivity index (χ0n) is 15.9. The molecule has 5 nitrogen and oxygen atoms in total. The van der Waals surface area contributed by atoms with E-state index < -0.39 is 0 Å². The van der Waals surface area contributed by atoms with E-state index in [4.69, 9.17) is 11.6 Å². The summed E-state index contributed by atoms with van der Waals surface area (Å²) < 4.78 is 0. The number of carbonyl (C=O) groups is 1. The lowest BCUT2D eigenvalue weighted by atomic mass is 10.1. The second-order valence-corrected chi connectivity index (χ2v) is 8.80. The van der Waals surface area contributed by atoms with Crippen LogP contribution in [0.4, 0.5) is 10.1 Å². The highest BCUT2D eigenvalue weighted by Gasteiger charge is 2.17. The van der Waals surface area contributed by atoms with Crippen LogP contribution >= 0.6 is 34.3 Å². The van der Waals surface area contributed by atoms with Gasteiger partial charge in [0.05, 0.1) is 11.1 Å². The third-order valence-corrected chi connectivity index (χ3v) is 6.16. The molecule has 0 aliphatic carbocycles. The van der Waals surface area contributed by atoms with E-state index in [9.17, 15) is 4.79 Å². The molecule has 4 rings (SSSR count). The molecule has 0 aliphatic heterocycles. The Bertz CT molecular complexity index is 1170. The van der Waals surface area contributed by atoms with Crippen LogP contribution in [0.1, 0.15) is 20.8 Å². The number of carbonyl (C=O) groups excluding carboxylic acids is 1. The lowest BCUT2D eigenvalue weighted by Gasteiger charge is -2.04. The van der Waals surface area contributed by atoms with Crippen LogP contribution in [0.2, 0.25) is 5.02 Å². The summed E-state index contributed by atoms with van der Waals surface area (Å²) in [5.74, 6) is -0.168. The molecule has 150 valence electrons. The van der Waals surface area contributed by atoms with Gasteiger partial charge in [-0.05, 0) is 36.1 Å². The lowest BCUT2D eigenvalue weighted by molar-refractivity contribution is 0.103. The minimum Gasteiger partial charge on any atom is -0.311 e. The number of anilines is 2. The number of hydrazone groups is 1. The fourth-order valence-corrected chi connectivity index (χ4v) is 4.22. The van der Waals surface area contributed by atoms with Crippen molar-refractivity contribution in [2.24, 2.45) is 5.10 Å². The SMILES string of the molecule is Cc1ccc(C=NNc2nc(-c3ccc(Cl)cc3)c(NC(=O)c3cccs3)s2)cc1. The Morgan fingerprint density at radius 2 is 1.87 bits per heavy atom. The quantitative estimate of drug-likeness (QED) is 0.258. The van der Waals surface area contributed by atoms with Crippen LogP contribution in [0.25, 0.3) is 11.3 Å². The molecule has 0 atom stereocenters. The number of aromatic nitrogens is 1. The average Bonchev–Trinajstić information content (AvgIpc) is 3.41. The summed E-state index contributed by atoms with van der Waals surface area (Å²) in [4.78, 5) is 17.8. The molecule has 0 bridgehead atoms. The molecule has 0 saturated carbocycles. The monoisotopic (exact) mass is 452 g/mol. The molecule has 2 heterocycles. The predicted molar refractivity (Wildman–Crippen MR) is 127 cm³/mol. The van der Waals surface area contributed by atoms with Gasteiger partial charge in [-0.1, -0.05) is 71.0 Å². The molecule has 0 aliphatic rings. The minimum atomic E-state index is -0.168. The number of amides is 1. The molecule has 2 N–H and O–H groups in total. The Labute approximate surface area is 187 Å². The summed E-state index contributed by atoms with van der Waals surface area (Å²) in [7, 11) is 0. The largest absolute Gasteiger partial charge is 0.311 e. The first kappa shape index (κ1) is 20.3. The molecule has 0 unspecified atom stereocenters. The van der Waals surface area contributed by atoms with Crippen molar-refractivity contribution in [3.05, 3.63) is 87.1 Å². The van der Waals surface area contributed by atoms with Gasteiger partial charge in [-0.2, -0.15) is 5.10 Å². The molecule has 1 amide bonds. The second kappa shape index (κ2) is 9.21. The Hall–Kier alpha value is -3.00. The van der Waals surface area contributed by atoms with Crippen LogP contribution in [-0.2, 0) is 0 Å². The first-order valence-corrected chi connectivity index (χ1v) is 11.1. The van der Waals surface area contributed by atoms with Gasteiger partial charge in [0.25, 0.3) is 5.91 Å². The molecule has 0 radical (unpaired) electrons. The van der Waals surface area contributed by atoms with E-state index in [0.29, 0.717) is 25.7 Å². The maximum absolute atomic E-state index is 12.6. The molecule has 2 aromatic heterocycles. The summed E-state index contributed by atoms with van der Waals surface area (Å²) in [6.07, 6.45) is 1.73. The Balaban J connectivity index is 1.58. The highest BCUT2D eigenvalue weighted by molar-refractivity contribution is 7.20. The molecule has 0 saturated heterocycles. The van der Waals surface area contributed by atoms with E-state index in [0.717, 1.165) is 11.1 Å². The topological polar surface area (TPSA) is 66.4 Å². The van der Waals surface area contributed by atoms with Gasteiger partial charge >= 0.3 is 0 Å². The summed E-state index contributed by atoms with van der Waals surface area (Å²) in [6, 6.07) is 19.0. The summed E-state index contributed by atoms with van der Waals surface area (Å²) in [5.41, 5.74) is 6.65. The fraction of sp³-hybridized carbons (Fsp3) is 0.0455. The number of hydrogen-bond acceptors (Lipinski definition) is 6. The third kappa shape index (κ3) is 4.94. The number of hydrogen-bond donors (Lipinski definition) is 2. The molecular formula is C22H17ClN4OS2. The highest BCUT2D eigenvalue weighted by atomic mass is 35.5. The van der Waals surface area contributed by atoms with Crippen LogP contribution in [-0.4, -0.2) is 17.1 Å². The number of thiazole rings is 1. The standard InChI is InChI=1S/C22H17ClN4OS2/c1-14-4-6-15(7-5-14)13-24-27-22-25-19(16-8-10-17(23)11-9-16)21(30-22)26-20(28)18-3-2-12-29-18/h2-13H,1H3,(H,25,27)(H,26,28). The summed E-state index contributed by atoms with van der Waals surface area (Å²) in [5, 5.41) is 11.0. The van der Waals surface area contributed by atoms with Crippen LogP contribution < -0.4 is 10.7 Å². The van der Waals surface area contributed by atoms with Crippen molar-refractivity contribution >= 4 is 56.5 Å². The summed E-state index contributed by atoms with van der Waals surface area (Å²) in [6.45, 7) is 2.04. The smallest absolute Gasteiger partial charge is 0.266 e. The summed E-state index contributed by atoms with van der Waals surface area (Å²) >= 11 is 8.73. The van der Waals surface area contributed by atoms with Gasteiger partial charge in [-0.15, -0.1) is 11.3 Å². The molecular weight excluding hydrogens is 436 g/mol. The van der Waals surface area contributed by atoms with Gasteiger partial charge in [-0.25, -0.2) is 4.98 Å². The number of benzene rings is 2. The van der Waals surface area contributed by atoms with E-state index in [1.807, 2.05) is 54.8 Å². The van der Waals surface area contributed by atoms with Crippen molar-refractivity contribution in [2.75, 3.05) is 10.7 Å². The molecule has 30 heavy (non-hydrogen) atoms. The van der Waals surface area contributed by atoms with Crippen molar-refractivity contribution in [1.29, 1.82) is 0 Å². The Morgan fingerprint density at radius 1 is 1.10 bits per heavy atom. The number of nitrogens with zero attached hydrogens (tertiary/aromatic N) is 2. The van der Waals surface area contributed by atoms with E-state index in [1.54, 1.807) is 24.4 Å². The molecule has 8 heteroatoms.